The van der Waals surface area contributed by atoms with Crippen molar-refractivity contribution in [1.82, 2.24) is 14.8 Å². The number of carbonyl (C=O) groups excluding carboxylic acids is 1. The van der Waals surface area contributed by atoms with Gasteiger partial charge in [0.2, 0.25) is 0 Å². The van der Waals surface area contributed by atoms with Gasteiger partial charge in [0.1, 0.15) is 5.01 Å². The van der Waals surface area contributed by atoms with Crippen LogP contribution >= 0.6 is 11.3 Å². The predicted octanol–water partition coefficient (Wildman–Crippen LogP) is 1.92. The van der Waals surface area contributed by atoms with Crippen LogP contribution in [0.3, 0.4) is 0 Å². The van der Waals surface area contributed by atoms with Crippen LogP contribution in [0.2, 0.25) is 0 Å². The van der Waals surface area contributed by atoms with Gasteiger partial charge in [-0.15, -0.1) is 11.3 Å². The van der Waals surface area contributed by atoms with Gasteiger partial charge in [-0.25, -0.2) is 4.98 Å². The van der Waals surface area contributed by atoms with Crippen LogP contribution in [0.15, 0.2) is 11.6 Å². The van der Waals surface area contributed by atoms with Crippen LogP contribution in [-0.2, 0) is 13.5 Å². The van der Waals surface area contributed by atoms with E-state index in [0.29, 0.717) is 12.0 Å². The van der Waals surface area contributed by atoms with E-state index in [4.69, 9.17) is 0 Å². The molecule has 5 heteroatoms. The largest absolute Gasteiger partial charge is 0.294 e. The fraction of sp³-hybridized carbons (Fsp3) is 0.364. The van der Waals surface area contributed by atoms with Gasteiger partial charge < -0.3 is 0 Å². The van der Waals surface area contributed by atoms with Gasteiger partial charge in [0.05, 0.1) is 18.2 Å². The summed E-state index contributed by atoms with van der Waals surface area (Å²) in [6.45, 7) is 3.83. The number of aryl methyl sites for hydroxylation is 2. The molecule has 0 aliphatic heterocycles. The van der Waals surface area contributed by atoms with Crippen LogP contribution in [0, 0.1) is 13.8 Å². The van der Waals surface area contributed by atoms with Crippen molar-refractivity contribution < 1.29 is 4.79 Å². The SMILES string of the molecule is Cc1csc(CC(=O)c2cnn(C)c2C)n1. The van der Waals surface area contributed by atoms with E-state index < -0.39 is 0 Å². The lowest BCUT2D eigenvalue weighted by atomic mass is 10.1. The minimum atomic E-state index is 0.0833. The Hall–Kier alpha value is -1.49. The van der Waals surface area contributed by atoms with Gasteiger partial charge in [-0.1, -0.05) is 0 Å². The van der Waals surface area contributed by atoms with Crippen LogP contribution < -0.4 is 0 Å². The maximum absolute atomic E-state index is 12.0. The van der Waals surface area contributed by atoms with E-state index in [-0.39, 0.29) is 5.78 Å². The number of carbonyl (C=O) groups is 1. The Morgan fingerprint density at radius 2 is 2.25 bits per heavy atom. The average Bonchev–Trinajstić information content (AvgIpc) is 2.76. The fourth-order valence-electron chi connectivity index (χ4n) is 1.49. The van der Waals surface area contributed by atoms with E-state index >= 15 is 0 Å². The molecule has 0 radical (unpaired) electrons. The zero-order valence-electron chi connectivity index (χ0n) is 9.52. The van der Waals surface area contributed by atoms with E-state index in [0.717, 1.165) is 16.4 Å². The highest BCUT2D eigenvalue weighted by atomic mass is 32.1. The van der Waals surface area contributed by atoms with Gasteiger partial charge in [0.25, 0.3) is 0 Å². The Kier molecular flexibility index (Phi) is 2.87. The molecule has 0 amide bonds. The molecule has 2 aromatic heterocycles. The number of Topliss-reactive ketones (excluding diaryl/α,β-unsaturated/α-hetero) is 1. The summed E-state index contributed by atoms with van der Waals surface area (Å²) in [4.78, 5) is 16.3. The quantitative estimate of drug-likeness (QED) is 0.764. The molecule has 0 fully saturated rings. The van der Waals surface area contributed by atoms with Crippen LogP contribution in [0.4, 0.5) is 0 Å². The minimum absolute atomic E-state index is 0.0833. The highest BCUT2D eigenvalue weighted by Crippen LogP contribution is 2.14. The Bertz CT molecular complexity index is 527. The molecule has 0 aromatic carbocycles. The van der Waals surface area contributed by atoms with Gasteiger partial charge in [-0.05, 0) is 13.8 Å². The molecule has 0 aliphatic carbocycles. The molecule has 2 heterocycles. The Balaban J connectivity index is 2.18. The molecule has 0 unspecified atom stereocenters. The third-order valence-electron chi connectivity index (χ3n) is 2.51. The van der Waals surface area contributed by atoms with Crippen molar-refractivity contribution >= 4 is 17.1 Å². The van der Waals surface area contributed by atoms with E-state index in [9.17, 15) is 4.79 Å². The molecule has 0 bridgehead atoms. The highest BCUT2D eigenvalue weighted by Gasteiger charge is 2.14. The summed E-state index contributed by atoms with van der Waals surface area (Å²) in [6, 6.07) is 0. The van der Waals surface area contributed by atoms with Crippen molar-refractivity contribution in [2.45, 2.75) is 20.3 Å². The molecule has 0 atom stereocenters. The first kappa shape index (κ1) is 11.0. The molecule has 0 saturated heterocycles. The van der Waals surface area contributed by atoms with Gasteiger partial charge in [0.15, 0.2) is 5.78 Å². The number of hydrogen-bond acceptors (Lipinski definition) is 4. The Morgan fingerprint density at radius 3 is 2.75 bits per heavy atom. The number of nitrogens with zero attached hydrogens (tertiary/aromatic N) is 3. The number of aromatic nitrogens is 3. The lowest BCUT2D eigenvalue weighted by molar-refractivity contribution is 0.0992. The first-order chi connectivity index (χ1) is 7.58. The van der Waals surface area contributed by atoms with Crippen molar-refractivity contribution in [3.05, 3.63) is 33.5 Å². The molecule has 0 aliphatic rings. The Labute approximate surface area is 97.9 Å². The fourth-order valence-corrected chi connectivity index (χ4v) is 2.26. The Morgan fingerprint density at radius 1 is 1.50 bits per heavy atom. The van der Waals surface area contributed by atoms with Crippen LogP contribution in [0.25, 0.3) is 0 Å². The molecule has 0 spiro atoms. The summed E-state index contributed by atoms with van der Waals surface area (Å²) in [6.07, 6.45) is 1.99. The maximum Gasteiger partial charge on any atom is 0.173 e. The summed E-state index contributed by atoms with van der Waals surface area (Å²) in [7, 11) is 1.83. The highest BCUT2D eigenvalue weighted by molar-refractivity contribution is 7.09. The first-order valence-electron chi connectivity index (χ1n) is 5.00. The van der Waals surface area contributed by atoms with Crippen LogP contribution in [-0.4, -0.2) is 20.5 Å². The zero-order valence-corrected chi connectivity index (χ0v) is 10.3. The smallest absolute Gasteiger partial charge is 0.173 e. The molecule has 0 N–H and O–H groups in total. The lowest BCUT2D eigenvalue weighted by Gasteiger charge is -1.98. The van der Waals surface area contributed by atoms with E-state index in [2.05, 4.69) is 10.1 Å². The standard InChI is InChI=1S/C11H13N3OS/c1-7-6-16-11(13-7)4-10(15)9-5-12-14(3)8(9)2/h5-6H,4H2,1-3H3. The van der Waals surface area contributed by atoms with Crippen LogP contribution in [0.1, 0.15) is 26.8 Å². The molecular formula is C11H13N3OS. The van der Waals surface area contributed by atoms with Crippen LogP contribution in [0.5, 0.6) is 0 Å². The minimum Gasteiger partial charge on any atom is -0.294 e. The van der Waals surface area contributed by atoms with Crippen molar-refractivity contribution in [2.24, 2.45) is 7.05 Å². The molecule has 2 rings (SSSR count). The number of rotatable bonds is 3. The van der Waals surface area contributed by atoms with Crippen molar-refractivity contribution in [3.8, 4) is 0 Å². The predicted molar refractivity (Wildman–Crippen MR) is 62.8 cm³/mol. The first-order valence-corrected chi connectivity index (χ1v) is 5.88. The lowest BCUT2D eigenvalue weighted by Crippen LogP contribution is -2.05. The third-order valence-corrected chi connectivity index (χ3v) is 3.48. The van der Waals surface area contributed by atoms with Gasteiger partial charge in [0, 0.05) is 23.8 Å². The average molecular weight is 235 g/mol. The number of ketones is 1. The van der Waals surface area contributed by atoms with Gasteiger partial charge in [-0.2, -0.15) is 5.10 Å². The zero-order chi connectivity index (χ0) is 11.7. The summed E-state index contributed by atoms with van der Waals surface area (Å²) < 4.78 is 1.71. The number of hydrogen-bond donors (Lipinski definition) is 0. The van der Waals surface area contributed by atoms with Gasteiger partial charge >= 0.3 is 0 Å². The monoisotopic (exact) mass is 235 g/mol. The molecule has 2 aromatic rings. The number of thiazole rings is 1. The van der Waals surface area contributed by atoms with Crippen molar-refractivity contribution in [2.75, 3.05) is 0 Å². The summed E-state index contributed by atoms with van der Waals surface area (Å²) in [5, 5.41) is 6.89. The molecule has 84 valence electrons. The normalized spacial score (nSPS) is 10.7. The van der Waals surface area contributed by atoms with E-state index in [1.807, 2.05) is 26.3 Å². The third kappa shape index (κ3) is 2.04. The maximum atomic E-state index is 12.0. The molecule has 0 saturated carbocycles. The summed E-state index contributed by atoms with van der Waals surface area (Å²) >= 11 is 1.53. The second-order valence-corrected chi connectivity index (χ2v) is 4.69. The second kappa shape index (κ2) is 4.17. The second-order valence-electron chi connectivity index (χ2n) is 3.75. The van der Waals surface area contributed by atoms with E-state index in [1.165, 1.54) is 11.3 Å². The van der Waals surface area contributed by atoms with Crippen molar-refractivity contribution in [3.63, 3.8) is 0 Å². The summed E-state index contributed by atoms with van der Waals surface area (Å²) in [5.41, 5.74) is 2.56. The topological polar surface area (TPSA) is 47.8 Å². The molecule has 16 heavy (non-hydrogen) atoms. The van der Waals surface area contributed by atoms with Crippen molar-refractivity contribution in [1.29, 1.82) is 0 Å². The molecule has 4 nitrogen and oxygen atoms in total. The van der Waals surface area contributed by atoms with E-state index in [1.54, 1.807) is 10.9 Å². The molecular weight excluding hydrogens is 222 g/mol. The van der Waals surface area contributed by atoms with Gasteiger partial charge in [-0.3, -0.25) is 9.48 Å². The summed E-state index contributed by atoms with van der Waals surface area (Å²) in [5.74, 6) is 0.0833.